The minimum absolute atomic E-state index is 0.0580. The number of sulfonamides is 1. The summed E-state index contributed by atoms with van der Waals surface area (Å²) in [6, 6.07) is 13.2. The molecule has 0 aromatic heterocycles. The Hall–Kier alpha value is -1.93. The molecule has 4 rings (SSSR count). The molecule has 3 atom stereocenters. The summed E-state index contributed by atoms with van der Waals surface area (Å²) in [4.78, 5) is 12.9. The van der Waals surface area contributed by atoms with Gasteiger partial charge in [-0.1, -0.05) is 35.9 Å². The average molecular weight is 449 g/mol. The maximum Gasteiger partial charge on any atom is 0.243 e. The van der Waals surface area contributed by atoms with Crippen molar-refractivity contribution < 1.29 is 18.3 Å². The van der Waals surface area contributed by atoms with Gasteiger partial charge in [-0.05, 0) is 60.6 Å². The number of hydrogen-bond donors (Lipinski definition) is 2. The van der Waals surface area contributed by atoms with Crippen molar-refractivity contribution in [1.82, 2.24) is 9.62 Å². The van der Waals surface area contributed by atoms with E-state index in [2.05, 4.69) is 17.4 Å². The average Bonchev–Trinajstić information content (AvgIpc) is 3.15. The molecule has 2 aromatic carbocycles. The number of rotatable bonds is 5. The van der Waals surface area contributed by atoms with E-state index in [-0.39, 0.29) is 23.8 Å². The number of benzene rings is 2. The Morgan fingerprint density at radius 3 is 2.57 bits per heavy atom. The fraction of sp³-hybridized carbons (Fsp3) is 0.409. The van der Waals surface area contributed by atoms with Crippen molar-refractivity contribution in [3.05, 3.63) is 64.7 Å². The van der Waals surface area contributed by atoms with Gasteiger partial charge in [0.25, 0.3) is 0 Å². The third-order valence-electron chi connectivity index (χ3n) is 5.97. The maximum absolute atomic E-state index is 13.0. The molecule has 0 bridgehead atoms. The van der Waals surface area contributed by atoms with Gasteiger partial charge in [0.05, 0.1) is 11.0 Å². The van der Waals surface area contributed by atoms with Crippen LogP contribution in [0.4, 0.5) is 0 Å². The van der Waals surface area contributed by atoms with Crippen LogP contribution in [0.15, 0.2) is 53.4 Å². The summed E-state index contributed by atoms with van der Waals surface area (Å²) < 4.78 is 27.2. The number of amides is 1. The molecular weight excluding hydrogens is 424 g/mol. The quantitative estimate of drug-likeness (QED) is 0.735. The lowest BCUT2D eigenvalue weighted by Crippen LogP contribution is -2.47. The highest BCUT2D eigenvalue weighted by molar-refractivity contribution is 7.89. The number of hydrogen-bond acceptors (Lipinski definition) is 4. The molecule has 1 aliphatic heterocycles. The van der Waals surface area contributed by atoms with Crippen molar-refractivity contribution in [1.29, 1.82) is 0 Å². The molecule has 1 aliphatic carbocycles. The van der Waals surface area contributed by atoms with Crippen molar-refractivity contribution in [2.75, 3.05) is 13.1 Å². The molecule has 2 N–H and O–H groups in total. The van der Waals surface area contributed by atoms with E-state index in [1.54, 1.807) is 0 Å². The first-order chi connectivity index (χ1) is 14.3. The third kappa shape index (κ3) is 4.39. The van der Waals surface area contributed by atoms with Crippen molar-refractivity contribution in [3.8, 4) is 0 Å². The minimum atomic E-state index is -3.91. The molecule has 1 heterocycles. The fourth-order valence-corrected chi connectivity index (χ4v) is 6.10. The predicted octanol–water partition coefficient (Wildman–Crippen LogP) is 2.39. The summed E-state index contributed by atoms with van der Waals surface area (Å²) in [6.07, 6.45) is 2.08. The molecule has 0 saturated carbocycles. The monoisotopic (exact) mass is 448 g/mol. The number of aliphatic hydroxyl groups is 1. The number of fused-ring (bicyclic) bond motifs is 1. The Bertz CT molecular complexity index is 1030. The number of β-amino-alcohol motifs (C(OH)–C–C–N with tert-alkyl or cyclic N) is 1. The molecule has 3 unspecified atom stereocenters. The Kier molecular flexibility index (Phi) is 6.16. The van der Waals surface area contributed by atoms with E-state index in [1.165, 1.54) is 35.4 Å². The van der Waals surface area contributed by atoms with Crippen LogP contribution in [0.1, 0.15) is 24.0 Å². The SMILES string of the molecule is O=C(NCC1CCc2ccccc2C1)C1CC(O)CN1S(=O)(=O)c1ccc(Cl)cc1. The Morgan fingerprint density at radius 2 is 1.83 bits per heavy atom. The molecule has 2 aromatic rings. The zero-order chi connectivity index (χ0) is 21.3. The Morgan fingerprint density at radius 1 is 1.13 bits per heavy atom. The van der Waals surface area contributed by atoms with Crippen molar-refractivity contribution in [2.45, 2.75) is 42.7 Å². The molecule has 0 radical (unpaired) electrons. The number of nitrogens with one attached hydrogen (secondary N) is 1. The van der Waals surface area contributed by atoms with E-state index in [0.717, 1.165) is 23.6 Å². The van der Waals surface area contributed by atoms with Gasteiger partial charge in [0.1, 0.15) is 6.04 Å². The van der Waals surface area contributed by atoms with Crippen molar-refractivity contribution in [2.24, 2.45) is 5.92 Å². The Labute approximate surface area is 181 Å². The molecule has 8 heteroatoms. The first kappa shape index (κ1) is 21.3. The minimum Gasteiger partial charge on any atom is -0.392 e. The van der Waals surface area contributed by atoms with E-state index in [1.807, 2.05) is 12.1 Å². The molecule has 1 amide bonds. The van der Waals surface area contributed by atoms with Crippen LogP contribution in [0, 0.1) is 5.92 Å². The van der Waals surface area contributed by atoms with Crippen LogP contribution in [0.25, 0.3) is 0 Å². The molecular formula is C22H25ClN2O4S. The van der Waals surface area contributed by atoms with Crippen LogP contribution < -0.4 is 5.32 Å². The number of carbonyl (C=O) groups excluding carboxylic acids is 1. The largest absolute Gasteiger partial charge is 0.392 e. The highest BCUT2D eigenvalue weighted by Crippen LogP contribution is 2.28. The van der Waals surface area contributed by atoms with Crippen molar-refractivity contribution in [3.63, 3.8) is 0 Å². The van der Waals surface area contributed by atoms with Gasteiger partial charge in [-0.25, -0.2) is 8.42 Å². The van der Waals surface area contributed by atoms with Gasteiger partial charge in [-0.2, -0.15) is 4.31 Å². The van der Waals surface area contributed by atoms with Crippen LogP contribution in [0.5, 0.6) is 0 Å². The predicted molar refractivity (Wildman–Crippen MR) is 115 cm³/mol. The van der Waals surface area contributed by atoms with Gasteiger partial charge in [-0.3, -0.25) is 4.79 Å². The van der Waals surface area contributed by atoms with E-state index < -0.39 is 22.2 Å². The van der Waals surface area contributed by atoms with Gasteiger partial charge in [-0.15, -0.1) is 0 Å². The van der Waals surface area contributed by atoms with Crippen LogP contribution in [0.3, 0.4) is 0 Å². The zero-order valence-corrected chi connectivity index (χ0v) is 18.1. The van der Waals surface area contributed by atoms with Crippen molar-refractivity contribution >= 4 is 27.5 Å². The van der Waals surface area contributed by atoms with Crippen LogP contribution in [-0.2, 0) is 27.7 Å². The first-order valence-electron chi connectivity index (χ1n) is 10.1. The summed E-state index contributed by atoms with van der Waals surface area (Å²) in [6.45, 7) is 0.397. The summed E-state index contributed by atoms with van der Waals surface area (Å²) in [5.41, 5.74) is 2.67. The van der Waals surface area contributed by atoms with Gasteiger partial charge in [0, 0.05) is 24.5 Å². The maximum atomic E-state index is 13.0. The van der Waals surface area contributed by atoms with Gasteiger partial charge < -0.3 is 10.4 Å². The van der Waals surface area contributed by atoms with Crippen LogP contribution in [-0.4, -0.2) is 49.0 Å². The molecule has 0 spiro atoms. The molecule has 1 fully saturated rings. The number of carbonyl (C=O) groups is 1. The lowest BCUT2D eigenvalue weighted by atomic mass is 9.84. The standard InChI is InChI=1S/C22H25ClN2O4S/c23-18-7-9-20(10-8-18)30(28,29)25-14-19(26)12-21(25)22(27)24-13-15-5-6-16-3-1-2-4-17(16)11-15/h1-4,7-10,15,19,21,26H,5-6,11-14H2,(H,24,27). The van der Waals surface area contributed by atoms with Gasteiger partial charge in [0.15, 0.2) is 0 Å². The summed E-state index contributed by atoms with van der Waals surface area (Å²) in [5.74, 6) is -0.0422. The summed E-state index contributed by atoms with van der Waals surface area (Å²) in [7, 11) is -3.91. The highest BCUT2D eigenvalue weighted by atomic mass is 35.5. The Balaban J connectivity index is 1.43. The van der Waals surface area contributed by atoms with Gasteiger partial charge in [0.2, 0.25) is 15.9 Å². The highest BCUT2D eigenvalue weighted by Gasteiger charge is 2.43. The summed E-state index contributed by atoms with van der Waals surface area (Å²) >= 11 is 5.86. The molecule has 6 nitrogen and oxygen atoms in total. The lowest BCUT2D eigenvalue weighted by molar-refractivity contribution is -0.124. The normalized spacial score (nSPS) is 24.4. The number of aliphatic hydroxyl groups excluding tert-OH is 1. The van der Waals surface area contributed by atoms with E-state index in [4.69, 9.17) is 11.6 Å². The van der Waals surface area contributed by atoms with Gasteiger partial charge >= 0.3 is 0 Å². The lowest BCUT2D eigenvalue weighted by Gasteiger charge is -2.27. The smallest absolute Gasteiger partial charge is 0.243 e. The number of nitrogens with zero attached hydrogens (tertiary/aromatic N) is 1. The number of halogens is 1. The summed E-state index contributed by atoms with van der Waals surface area (Å²) in [5, 5.41) is 13.5. The third-order valence-corrected chi connectivity index (χ3v) is 8.11. The van der Waals surface area contributed by atoms with Crippen LogP contribution in [0.2, 0.25) is 5.02 Å². The topological polar surface area (TPSA) is 86.7 Å². The second-order valence-corrected chi connectivity index (χ2v) is 10.4. The zero-order valence-electron chi connectivity index (χ0n) is 16.5. The number of aryl methyl sites for hydroxylation is 1. The molecule has 2 aliphatic rings. The second kappa shape index (κ2) is 8.67. The fourth-order valence-electron chi connectivity index (χ4n) is 4.34. The van der Waals surface area contributed by atoms with Crippen LogP contribution >= 0.6 is 11.6 Å². The molecule has 160 valence electrons. The molecule has 1 saturated heterocycles. The van der Waals surface area contributed by atoms with E-state index >= 15 is 0 Å². The second-order valence-electron chi connectivity index (χ2n) is 8.06. The van der Waals surface area contributed by atoms with E-state index in [0.29, 0.717) is 17.5 Å². The first-order valence-corrected chi connectivity index (χ1v) is 12.0. The van der Waals surface area contributed by atoms with E-state index in [9.17, 15) is 18.3 Å². The molecule has 30 heavy (non-hydrogen) atoms.